The number of hydrogen-bond donors (Lipinski definition) is 1. The lowest BCUT2D eigenvalue weighted by Crippen LogP contribution is -2.25. The number of fused-ring (bicyclic) bond motifs is 1. The largest absolute Gasteiger partial charge is 0.322 e. The van der Waals surface area contributed by atoms with Crippen molar-refractivity contribution in [3.8, 4) is 0 Å². The summed E-state index contributed by atoms with van der Waals surface area (Å²) in [7, 11) is 0. The molecule has 1 fully saturated rings. The van der Waals surface area contributed by atoms with Crippen molar-refractivity contribution in [2.75, 3.05) is 28.2 Å². The van der Waals surface area contributed by atoms with Gasteiger partial charge in [-0.15, -0.1) is 0 Å². The van der Waals surface area contributed by atoms with Crippen molar-refractivity contribution in [1.29, 1.82) is 0 Å². The van der Waals surface area contributed by atoms with E-state index in [1.807, 2.05) is 30.3 Å². The van der Waals surface area contributed by atoms with Crippen LogP contribution < -0.4 is 15.1 Å². The maximum atomic E-state index is 12.5. The Kier molecular flexibility index (Phi) is 4.39. The highest BCUT2D eigenvalue weighted by Crippen LogP contribution is 2.30. The lowest BCUT2D eigenvalue weighted by Gasteiger charge is -2.16. The maximum Gasteiger partial charge on any atom is 0.255 e. The summed E-state index contributed by atoms with van der Waals surface area (Å²) in [5.74, 6) is -0.0391. The van der Waals surface area contributed by atoms with Crippen molar-refractivity contribution < 1.29 is 14.4 Å². The average molecular weight is 363 g/mol. The van der Waals surface area contributed by atoms with Gasteiger partial charge in [0, 0.05) is 49.1 Å². The molecule has 0 saturated carbocycles. The summed E-state index contributed by atoms with van der Waals surface area (Å²) < 4.78 is 0. The van der Waals surface area contributed by atoms with Gasteiger partial charge in [-0.1, -0.05) is 0 Å². The molecule has 2 aliphatic rings. The minimum absolute atomic E-state index is 0.0297. The Labute approximate surface area is 157 Å². The zero-order valence-electron chi connectivity index (χ0n) is 15.2. The van der Waals surface area contributed by atoms with Crippen LogP contribution >= 0.6 is 0 Å². The van der Waals surface area contributed by atoms with Gasteiger partial charge in [0.05, 0.1) is 0 Å². The molecule has 0 radical (unpaired) electrons. The number of hydrogen-bond acceptors (Lipinski definition) is 3. The molecule has 4 rings (SSSR count). The number of benzene rings is 2. The van der Waals surface area contributed by atoms with Gasteiger partial charge in [-0.05, 0) is 60.9 Å². The molecule has 2 aromatic rings. The molecule has 0 unspecified atom stereocenters. The summed E-state index contributed by atoms with van der Waals surface area (Å²) in [6.07, 6.45) is 2.25. The number of nitrogens with zero attached hydrogens (tertiary/aromatic N) is 2. The van der Waals surface area contributed by atoms with Gasteiger partial charge in [0.15, 0.2) is 0 Å². The highest BCUT2D eigenvalue weighted by atomic mass is 16.2. The Bertz CT molecular complexity index is 921. The third kappa shape index (κ3) is 3.30. The van der Waals surface area contributed by atoms with Gasteiger partial charge >= 0.3 is 0 Å². The Morgan fingerprint density at radius 3 is 2.44 bits per heavy atom. The van der Waals surface area contributed by atoms with Crippen molar-refractivity contribution >= 4 is 34.8 Å². The molecule has 0 aliphatic carbocycles. The molecule has 0 atom stereocenters. The smallest absolute Gasteiger partial charge is 0.255 e. The van der Waals surface area contributed by atoms with Crippen LogP contribution in [0.2, 0.25) is 0 Å². The van der Waals surface area contributed by atoms with Crippen LogP contribution in [0.15, 0.2) is 42.5 Å². The highest BCUT2D eigenvalue weighted by Gasteiger charge is 2.23. The van der Waals surface area contributed by atoms with E-state index in [0.717, 1.165) is 36.3 Å². The van der Waals surface area contributed by atoms with Crippen molar-refractivity contribution in [3.05, 3.63) is 53.6 Å². The number of anilines is 3. The van der Waals surface area contributed by atoms with E-state index in [1.165, 1.54) is 0 Å². The van der Waals surface area contributed by atoms with Crippen LogP contribution in [-0.2, 0) is 16.0 Å². The van der Waals surface area contributed by atoms with E-state index >= 15 is 0 Å². The SMILES string of the molecule is CC(=O)N1CCc2cc(NC(=O)c3ccc(N4CCCC4=O)cc3)ccc21. The molecule has 2 heterocycles. The molecule has 6 heteroatoms. The number of carbonyl (C=O) groups excluding carboxylic acids is 3. The summed E-state index contributed by atoms with van der Waals surface area (Å²) in [4.78, 5) is 39.5. The summed E-state index contributed by atoms with van der Waals surface area (Å²) in [6.45, 7) is 2.97. The zero-order chi connectivity index (χ0) is 19.0. The van der Waals surface area contributed by atoms with Crippen LogP contribution in [0.4, 0.5) is 17.1 Å². The van der Waals surface area contributed by atoms with Crippen LogP contribution in [0.3, 0.4) is 0 Å². The fourth-order valence-electron chi connectivity index (χ4n) is 3.72. The summed E-state index contributed by atoms with van der Waals surface area (Å²) in [5.41, 5.74) is 4.06. The molecule has 2 aliphatic heterocycles. The van der Waals surface area contributed by atoms with E-state index in [1.54, 1.807) is 28.9 Å². The van der Waals surface area contributed by atoms with Crippen molar-refractivity contribution in [2.24, 2.45) is 0 Å². The Morgan fingerprint density at radius 1 is 1.00 bits per heavy atom. The number of rotatable bonds is 3. The fourth-order valence-corrected chi connectivity index (χ4v) is 3.72. The molecule has 27 heavy (non-hydrogen) atoms. The normalized spacial score (nSPS) is 15.8. The van der Waals surface area contributed by atoms with E-state index in [9.17, 15) is 14.4 Å². The van der Waals surface area contributed by atoms with Gasteiger partial charge in [0.25, 0.3) is 5.91 Å². The maximum absolute atomic E-state index is 12.5. The standard InChI is InChI=1S/C21H21N3O3/c1-14(25)23-12-10-16-13-17(6-9-19(16)23)22-21(27)15-4-7-18(8-5-15)24-11-2-3-20(24)26/h4-9,13H,2-3,10-12H2,1H3,(H,22,27). The lowest BCUT2D eigenvalue weighted by atomic mass is 10.1. The van der Waals surface area contributed by atoms with Crippen molar-refractivity contribution in [3.63, 3.8) is 0 Å². The average Bonchev–Trinajstić information content (AvgIpc) is 3.27. The summed E-state index contributed by atoms with van der Waals surface area (Å²) in [6, 6.07) is 12.7. The molecule has 3 amide bonds. The molecule has 2 aromatic carbocycles. The predicted molar refractivity (Wildman–Crippen MR) is 104 cm³/mol. The number of amides is 3. The first-order valence-electron chi connectivity index (χ1n) is 9.16. The van der Waals surface area contributed by atoms with Gasteiger partial charge in [0.2, 0.25) is 11.8 Å². The molecule has 138 valence electrons. The number of nitrogens with one attached hydrogen (secondary N) is 1. The predicted octanol–water partition coefficient (Wildman–Crippen LogP) is 2.97. The second kappa shape index (κ2) is 6.87. The van der Waals surface area contributed by atoms with Gasteiger partial charge in [0.1, 0.15) is 0 Å². The molecule has 6 nitrogen and oxygen atoms in total. The van der Waals surface area contributed by atoms with Gasteiger partial charge in [-0.3, -0.25) is 14.4 Å². The topological polar surface area (TPSA) is 69.7 Å². The molecular weight excluding hydrogens is 342 g/mol. The van der Waals surface area contributed by atoms with E-state index < -0.39 is 0 Å². The summed E-state index contributed by atoms with van der Waals surface area (Å²) in [5, 5.41) is 2.91. The molecule has 1 N–H and O–H groups in total. The minimum Gasteiger partial charge on any atom is -0.322 e. The van der Waals surface area contributed by atoms with E-state index in [-0.39, 0.29) is 17.7 Å². The van der Waals surface area contributed by atoms with Crippen molar-refractivity contribution in [2.45, 2.75) is 26.2 Å². The van der Waals surface area contributed by atoms with Gasteiger partial charge in [-0.25, -0.2) is 0 Å². The highest BCUT2D eigenvalue weighted by molar-refractivity contribution is 6.05. The quantitative estimate of drug-likeness (QED) is 0.911. The second-order valence-electron chi connectivity index (χ2n) is 6.91. The monoisotopic (exact) mass is 363 g/mol. The third-order valence-electron chi connectivity index (χ3n) is 5.13. The van der Waals surface area contributed by atoms with Crippen LogP contribution in [0, 0.1) is 0 Å². The first-order chi connectivity index (χ1) is 13.0. The van der Waals surface area contributed by atoms with Crippen LogP contribution in [0.25, 0.3) is 0 Å². The summed E-state index contributed by atoms with van der Waals surface area (Å²) >= 11 is 0. The Balaban J connectivity index is 1.46. The van der Waals surface area contributed by atoms with E-state index in [0.29, 0.717) is 24.2 Å². The van der Waals surface area contributed by atoms with Crippen LogP contribution in [0.1, 0.15) is 35.7 Å². The first-order valence-corrected chi connectivity index (χ1v) is 9.16. The Hall–Kier alpha value is -3.15. The van der Waals surface area contributed by atoms with Crippen LogP contribution in [-0.4, -0.2) is 30.8 Å². The zero-order valence-corrected chi connectivity index (χ0v) is 15.2. The molecule has 0 spiro atoms. The second-order valence-corrected chi connectivity index (χ2v) is 6.91. The molecule has 1 saturated heterocycles. The fraction of sp³-hybridized carbons (Fsp3) is 0.286. The van der Waals surface area contributed by atoms with E-state index in [4.69, 9.17) is 0 Å². The van der Waals surface area contributed by atoms with Crippen LogP contribution in [0.5, 0.6) is 0 Å². The lowest BCUT2D eigenvalue weighted by molar-refractivity contribution is -0.117. The third-order valence-corrected chi connectivity index (χ3v) is 5.13. The number of carbonyl (C=O) groups is 3. The first kappa shape index (κ1) is 17.3. The van der Waals surface area contributed by atoms with Crippen molar-refractivity contribution in [1.82, 2.24) is 0 Å². The minimum atomic E-state index is -0.198. The van der Waals surface area contributed by atoms with Gasteiger partial charge < -0.3 is 15.1 Å². The molecule has 0 aromatic heterocycles. The van der Waals surface area contributed by atoms with E-state index in [2.05, 4.69) is 5.32 Å². The van der Waals surface area contributed by atoms with Gasteiger partial charge in [-0.2, -0.15) is 0 Å². The molecule has 0 bridgehead atoms. The Morgan fingerprint density at radius 2 is 1.78 bits per heavy atom. The molecular formula is C21H21N3O3.